The summed E-state index contributed by atoms with van der Waals surface area (Å²) >= 11 is 0. The molecular formula is C23H27N3O3. The number of amides is 2. The molecule has 0 saturated heterocycles. The third-order valence-corrected chi connectivity index (χ3v) is 4.52. The SMILES string of the molecule is CCN(CC)c1ccc(NC(=O)/C=C(/C)C(=O)Nc2ccc(C(C)=O)cc2)cc1. The van der Waals surface area contributed by atoms with Gasteiger partial charge in [0.1, 0.15) is 0 Å². The Balaban J connectivity index is 1.96. The Morgan fingerprint density at radius 1 is 0.828 bits per heavy atom. The molecule has 0 saturated carbocycles. The number of benzene rings is 2. The summed E-state index contributed by atoms with van der Waals surface area (Å²) in [5.41, 5.74) is 3.16. The Morgan fingerprint density at radius 3 is 1.86 bits per heavy atom. The fourth-order valence-electron chi connectivity index (χ4n) is 2.80. The van der Waals surface area contributed by atoms with E-state index >= 15 is 0 Å². The first-order chi connectivity index (χ1) is 13.8. The zero-order chi connectivity index (χ0) is 21.4. The van der Waals surface area contributed by atoms with Gasteiger partial charge < -0.3 is 15.5 Å². The first kappa shape index (κ1) is 21.9. The minimum absolute atomic E-state index is 0.0410. The molecule has 2 aromatic carbocycles. The number of carbonyl (C=O) groups excluding carboxylic acids is 3. The average molecular weight is 393 g/mol. The second-order valence-electron chi connectivity index (χ2n) is 6.62. The van der Waals surface area contributed by atoms with Crippen LogP contribution in [-0.4, -0.2) is 30.7 Å². The number of hydrogen-bond donors (Lipinski definition) is 2. The van der Waals surface area contributed by atoms with Crippen LogP contribution in [0.3, 0.4) is 0 Å². The van der Waals surface area contributed by atoms with Crippen molar-refractivity contribution in [3.8, 4) is 0 Å². The van der Waals surface area contributed by atoms with Crippen LogP contribution in [-0.2, 0) is 9.59 Å². The summed E-state index contributed by atoms with van der Waals surface area (Å²) in [6, 6.07) is 14.2. The van der Waals surface area contributed by atoms with Crippen molar-refractivity contribution < 1.29 is 14.4 Å². The van der Waals surface area contributed by atoms with E-state index in [0.717, 1.165) is 18.8 Å². The zero-order valence-electron chi connectivity index (χ0n) is 17.3. The van der Waals surface area contributed by atoms with E-state index in [1.807, 2.05) is 24.3 Å². The molecule has 0 fully saturated rings. The number of ketones is 1. The summed E-state index contributed by atoms with van der Waals surface area (Å²) in [7, 11) is 0. The second kappa shape index (κ2) is 10.2. The van der Waals surface area contributed by atoms with Gasteiger partial charge >= 0.3 is 0 Å². The molecule has 6 nitrogen and oxygen atoms in total. The van der Waals surface area contributed by atoms with Crippen LogP contribution in [0.5, 0.6) is 0 Å². The van der Waals surface area contributed by atoms with Crippen molar-refractivity contribution in [3.05, 3.63) is 65.7 Å². The van der Waals surface area contributed by atoms with Gasteiger partial charge in [-0.3, -0.25) is 14.4 Å². The van der Waals surface area contributed by atoms with Crippen LogP contribution in [0.15, 0.2) is 60.2 Å². The monoisotopic (exact) mass is 393 g/mol. The van der Waals surface area contributed by atoms with E-state index in [1.54, 1.807) is 31.2 Å². The maximum absolute atomic E-state index is 12.3. The van der Waals surface area contributed by atoms with Crippen LogP contribution in [0, 0.1) is 0 Å². The van der Waals surface area contributed by atoms with Crippen LogP contribution in [0.4, 0.5) is 17.1 Å². The van der Waals surface area contributed by atoms with Crippen LogP contribution in [0.2, 0.25) is 0 Å². The molecule has 0 aromatic heterocycles. The third kappa shape index (κ3) is 6.31. The third-order valence-electron chi connectivity index (χ3n) is 4.52. The van der Waals surface area contributed by atoms with Gasteiger partial charge in [-0.15, -0.1) is 0 Å². The van der Waals surface area contributed by atoms with E-state index in [0.29, 0.717) is 16.9 Å². The quantitative estimate of drug-likeness (QED) is 0.519. The second-order valence-corrected chi connectivity index (χ2v) is 6.62. The molecule has 2 rings (SSSR count). The molecule has 2 aromatic rings. The number of nitrogens with one attached hydrogen (secondary N) is 2. The summed E-state index contributed by atoms with van der Waals surface area (Å²) in [4.78, 5) is 38.0. The number of carbonyl (C=O) groups is 3. The summed E-state index contributed by atoms with van der Waals surface area (Å²) in [5, 5.41) is 5.47. The van der Waals surface area contributed by atoms with E-state index < -0.39 is 0 Å². The van der Waals surface area contributed by atoms with Crippen molar-refractivity contribution in [2.24, 2.45) is 0 Å². The van der Waals surface area contributed by atoms with Gasteiger partial charge in [0, 0.05) is 47.4 Å². The van der Waals surface area contributed by atoms with Gasteiger partial charge in [0.05, 0.1) is 0 Å². The molecule has 0 aliphatic carbocycles. The Morgan fingerprint density at radius 2 is 1.34 bits per heavy atom. The predicted octanol–water partition coefficient (Wildman–Crippen LogP) is 4.26. The lowest BCUT2D eigenvalue weighted by Crippen LogP contribution is -2.21. The number of nitrogens with zero attached hydrogens (tertiary/aromatic N) is 1. The Labute approximate surface area is 171 Å². The lowest BCUT2D eigenvalue weighted by Gasteiger charge is -2.21. The molecule has 2 N–H and O–H groups in total. The molecule has 0 heterocycles. The molecule has 6 heteroatoms. The van der Waals surface area contributed by atoms with E-state index in [9.17, 15) is 14.4 Å². The van der Waals surface area contributed by atoms with Crippen molar-refractivity contribution in [2.75, 3.05) is 28.6 Å². The van der Waals surface area contributed by atoms with Crippen LogP contribution >= 0.6 is 0 Å². The topological polar surface area (TPSA) is 78.5 Å². The standard InChI is InChI=1S/C23H27N3O3/c1-5-26(6-2)21-13-11-19(12-14-21)24-22(28)15-16(3)23(29)25-20-9-7-18(8-10-20)17(4)27/h7-15H,5-6H2,1-4H3,(H,24,28)(H,25,29)/b16-15-. The van der Waals surface area contributed by atoms with Gasteiger partial charge in [0.2, 0.25) is 5.91 Å². The van der Waals surface area contributed by atoms with Crippen LogP contribution < -0.4 is 15.5 Å². The van der Waals surface area contributed by atoms with Crippen molar-refractivity contribution in [2.45, 2.75) is 27.7 Å². The molecule has 0 bridgehead atoms. The van der Waals surface area contributed by atoms with Crippen molar-refractivity contribution in [1.82, 2.24) is 0 Å². The molecule has 0 atom stereocenters. The van der Waals surface area contributed by atoms with E-state index in [4.69, 9.17) is 0 Å². The van der Waals surface area contributed by atoms with Crippen LogP contribution in [0.1, 0.15) is 38.1 Å². The van der Waals surface area contributed by atoms with Gasteiger partial charge in [0.15, 0.2) is 5.78 Å². The predicted molar refractivity (Wildman–Crippen MR) is 117 cm³/mol. The minimum Gasteiger partial charge on any atom is -0.372 e. The highest BCUT2D eigenvalue weighted by Crippen LogP contribution is 2.18. The van der Waals surface area contributed by atoms with Crippen molar-refractivity contribution in [3.63, 3.8) is 0 Å². The highest BCUT2D eigenvalue weighted by molar-refractivity contribution is 6.10. The molecule has 2 amide bonds. The normalized spacial score (nSPS) is 11.0. The van der Waals surface area contributed by atoms with Crippen molar-refractivity contribution in [1.29, 1.82) is 0 Å². The summed E-state index contributed by atoms with van der Waals surface area (Å²) in [6.45, 7) is 9.07. The number of hydrogen-bond acceptors (Lipinski definition) is 4. The molecule has 29 heavy (non-hydrogen) atoms. The Bertz CT molecular complexity index is 896. The van der Waals surface area contributed by atoms with Gasteiger partial charge in [-0.1, -0.05) is 0 Å². The molecular weight excluding hydrogens is 366 g/mol. The average Bonchev–Trinajstić information content (AvgIpc) is 2.70. The van der Waals surface area contributed by atoms with Gasteiger partial charge in [-0.05, 0) is 76.2 Å². The Kier molecular flexibility index (Phi) is 7.71. The van der Waals surface area contributed by atoms with E-state index in [1.165, 1.54) is 13.0 Å². The number of Topliss-reactive ketones (excluding diaryl/α,β-unsaturated/α-hetero) is 1. The lowest BCUT2D eigenvalue weighted by molar-refractivity contribution is -0.114. The van der Waals surface area contributed by atoms with Gasteiger partial charge in [0.25, 0.3) is 5.91 Å². The summed E-state index contributed by atoms with van der Waals surface area (Å²) < 4.78 is 0. The minimum atomic E-state index is -0.382. The molecule has 0 unspecified atom stereocenters. The molecule has 0 aliphatic rings. The maximum Gasteiger partial charge on any atom is 0.251 e. The van der Waals surface area contributed by atoms with Crippen LogP contribution in [0.25, 0.3) is 0 Å². The fraction of sp³-hybridized carbons (Fsp3) is 0.261. The molecule has 0 spiro atoms. The van der Waals surface area contributed by atoms with Crippen molar-refractivity contribution >= 4 is 34.7 Å². The van der Waals surface area contributed by atoms with E-state index in [-0.39, 0.29) is 23.2 Å². The summed E-state index contributed by atoms with van der Waals surface area (Å²) in [5.74, 6) is -0.798. The van der Waals surface area contributed by atoms with E-state index in [2.05, 4.69) is 29.4 Å². The van der Waals surface area contributed by atoms with Gasteiger partial charge in [-0.2, -0.15) is 0 Å². The van der Waals surface area contributed by atoms with Gasteiger partial charge in [-0.25, -0.2) is 0 Å². The number of anilines is 3. The summed E-state index contributed by atoms with van der Waals surface area (Å²) in [6.07, 6.45) is 1.26. The lowest BCUT2D eigenvalue weighted by atomic mass is 10.1. The Hall–Kier alpha value is -3.41. The zero-order valence-corrected chi connectivity index (χ0v) is 17.3. The highest BCUT2D eigenvalue weighted by Gasteiger charge is 2.09. The molecule has 0 aliphatic heterocycles. The maximum atomic E-state index is 12.3. The molecule has 152 valence electrons. The molecule has 0 radical (unpaired) electrons. The number of rotatable bonds is 8. The highest BCUT2D eigenvalue weighted by atomic mass is 16.2. The fourth-order valence-corrected chi connectivity index (χ4v) is 2.80. The largest absolute Gasteiger partial charge is 0.372 e. The first-order valence-electron chi connectivity index (χ1n) is 9.60. The first-order valence-corrected chi connectivity index (χ1v) is 9.60. The smallest absolute Gasteiger partial charge is 0.251 e.